The highest BCUT2D eigenvalue weighted by Gasteiger charge is 2.10. The number of benzene rings is 1. The van der Waals surface area contributed by atoms with Gasteiger partial charge >= 0.3 is 0 Å². The minimum atomic E-state index is 0.344. The first kappa shape index (κ1) is 13.5. The maximum atomic E-state index is 5.09. The Morgan fingerprint density at radius 2 is 1.53 bits per heavy atom. The SMILES string of the molecule is COc1ccc(N=NN(C(C)C)C(C)C)cc1. The summed E-state index contributed by atoms with van der Waals surface area (Å²) in [6, 6.07) is 8.23. The molecule has 1 rings (SSSR count). The molecule has 4 heteroatoms. The van der Waals surface area contributed by atoms with E-state index in [-0.39, 0.29) is 0 Å². The molecule has 0 aliphatic rings. The van der Waals surface area contributed by atoms with E-state index in [2.05, 4.69) is 38.0 Å². The first-order chi connectivity index (χ1) is 8.04. The van der Waals surface area contributed by atoms with Crippen molar-refractivity contribution in [3.05, 3.63) is 24.3 Å². The maximum absolute atomic E-state index is 5.09. The number of ether oxygens (including phenoxy) is 1. The molecule has 0 bridgehead atoms. The Morgan fingerprint density at radius 1 is 1.00 bits per heavy atom. The molecule has 1 aromatic carbocycles. The topological polar surface area (TPSA) is 37.2 Å². The number of nitrogens with zero attached hydrogens (tertiary/aromatic N) is 3. The summed E-state index contributed by atoms with van der Waals surface area (Å²) >= 11 is 0. The molecule has 0 saturated heterocycles. The molecular formula is C13H21N3O. The average molecular weight is 235 g/mol. The van der Waals surface area contributed by atoms with Crippen LogP contribution in [-0.4, -0.2) is 24.2 Å². The van der Waals surface area contributed by atoms with Gasteiger partial charge in [-0.1, -0.05) is 5.22 Å². The smallest absolute Gasteiger partial charge is 0.119 e. The number of methoxy groups -OCH3 is 1. The summed E-state index contributed by atoms with van der Waals surface area (Å²) in [7, 11) is 1.65. The molecule has 0 amide bonds. The summed E-state index contributed by atoms with van der Waals surface area (Å²) in [5.41, 5.74) is 0.831. The highest BCUT2D eigenvalue weighted by Crippen LogP contribution is 2.19. The third-order valence-corrected chi connectivity index (χ3v) is 2.39. The average Bonchev–Trinajstić information content (AvgIpc) is 2.29. The van der Waals surface area contributed by atoms with Crippen molar-refractivity contribution in [3.63, 3.8) is 0 Å². The molecule has 0 atom stereocenters. The molecular weight excluding hydrogens is 214 g/mol. The van der Waals surface area contributed by atoms with Crippen molar-refractivity contribution < 1.29 is 4.74 Å². The van der Waals surface area contributed by atoms with Crippen molar-refractivity contribution in [1.29, 1.82) is 0 Å². The lowest BCUT2D eigenvalue weighted by Crippen LogP contribution is -2.31. The molecule has 17 heavy (non-hydrogen) atoms. The van der Waals surface area contributed by atoms with Gasteiger partial charge in [0, 0.05) is 12.1 Å². The fraction of sp³-hybridized carbons (Fsp3) is 0.538. The van der Waals surface area contributed by atoms with E-state index in [4.69, 9.17) is 4.74 Å². The van der Waals surface area contributed by atoms with Crippen LogP contribution in [0, 0.1) is 0 Å². The van der Waals surface area contributed by atoms with Crippen LogP contribution in [-0.2, 0) is 0 Å². The third-order valence-electron chi connectivity index (χ3n) is 2.39. The summed E-state index contributed by atoms with van der Waals surface area (Å²) in [6.07, 6.45) is 0. The molecule has 0 heterocycles. The number of hydrogen-bond donors (Lipinski definition) is 0. The molecule has 0 saturated carbocycles. The Hall–Kier alpha value is -1.58. The Labute approximate surface area is 103 Å². The molecule has 94 valence electrons. The predicted molar refractivity (Wildman–Crippen MR) is 69.6 cm³/mol. The first-order valence-electron chi connectivity index (χ1n) is 5.88. The van der Waals surface area contributed by atoms with E-state index >= 15 is 0 Å². The molecule has 0 N–H and O–H groups in total. The van der Waals surface area contributed by atoms with Crippen molar-refractivity contribution in [3.8, 4) is 5.75 Å². The normalized spacial score (nSPS) is 11.5. The Bertz CT molecular complexity index is 349. The van der Waals surface area contributed by atoms with E-state index in [1.54, 1.807) is 7.11 Å². The molecule has 0 spiro atoms. The fourth-order valence-corrected chi connectivity index (χ4v) is 1.56. The van der Waals surface area contributed by atoms with Crippen LogP contribution in [0.3, 0.4) is 0 Å². The molecule has 4 nitrogen and oxygen atoms in total. The van der Waals surface area contributed by atoms with Gasteiger partial charge in [0.1, 0.15) is 5.75 Å². The van der Waals surface area contributed by atoms with Crippen LogP contribution >= 0.6 is 0 Å². The fourth-order valence-electron chi connectivity index (χ4n) is 1.56. The van der Waals surface area contributed by atoms with Crippen LogP contribution in [0.5, 0.6) is 5.75 Å². The first-order valence-corrected chi connectivity index (χ1v) is 5.88. The summed E-state index contributed by atoms with van der Waals surface area (Å²) in [5.74, 6) is 0.827. The van der Waals surface area contributed by atoms with Gasteiger partial charge in [-0.2, -0.15) is 0 Å². The van der Waals surface area contributed by atoms with Crippen LogP contribution in [0.15, 0.2) is 34.6 Å². The summed E-state index contributed by atoms with van der Waals surface area (Å²) < 4.78 is 5.09. The number of hydrogen-bond acceptors (Lipinski definition) is 3. The van der Waals surface area contributed by atoms with Gasteiger partial charge in [-0.3, -0.25) is 5.01 Å². The Morgan fingerprint density at radius 3 is 1.94 bits per heavy atom. The third kappa shape index (κ3) is 4.06. The lowest BCUT2D eigenvalue weighted by Gasteiger charge is -2.25. The predicted octanol–water partition coefficient (Wildman–Crippen LogP) is 3.81. The summed E-state index contributed by atoms with van der Waals surface area (Å²) in [4.78, 5) is 0. The zero-order valence-corrected chi connectivity index (χ0v) is 11.2. The zero-order chi connectivity index (χ0) is 12.8. The second-order valence-corrected chi connectivity index (χ2v) is 4.45. The van der Waals surface area contributed by atoms with Crippen LogP contribution in [0.1, 0.15) is 27.7 Å². The van der Waals surface area contributed by atoms with Crippen LogP contribution in [0.2, 0.25) is 0 Å². The molecule has 0 aromatic heterocycles. The van der Waals surface area contributed by atoms with E-state index in [9.17, 15) is 0 Å². The minimum Gasteiger partial charge on any atom is -0.497 e. The van der Waals surface area contributed by atoms with Crippen molar-refractivity contribution in [1.82, 2.24) is 5.01 Å². The molecule has 0 fully saturated rings. The van der Waals surface area contributed by atoms with Gasteiger partial charge in [-0.05, 0) is 52.0 Å². The van der Waals surface area contributed by atoms with E-state index in [0.717, 1.165) is 11.4 Å². The highest BCUT2D eigenvalue weighted by molar-refractivity contribution is 5.40. The summed E-state index contributed by atoms with van der Waals surface area (Å²) in [5, 5.41) is 10.5. The quantitative estimate of drug-likeness (QED) is 0.575. The lowest BCUT2D eigenvalue weighted by atomic mass is 10.3. The zero-order valence-electron chi connectivity index (χ0n) is 11.2. The van der Waals surface area contributed by atoms with Crippen LogP contribution in [0.4, 0.5) is 5.69 Å². The van der Waals surface area contributed by atoms with Crippen molar-refractivity contribution in [2.24, 2.45) is 10.3 Å². The van der Waals surface area contributed by atoms with Gasteiger partial charge in [0.2, 0.25) is 0 Å². The monoisotopic (exact) mass is 235 g/mol. The second kappa shape index (κ2) is 6.23. The molecule has 0 aliphatic carbocycles. The van der Waals surface area contributed by atoms with Crippen molar-refractivity contribution in [2.75, 3.05) is 7.11 Å². The second-order valence-electron chi connectivity index (χ2n) is 4.45. The Kier molecular flexibility index (Phi) is 4.94. The van der Waals surface area contributed by atoms with E-state index < -0.39 is 0 Å². The molecule has 0 unspecified atom stereocenters. The standard InChI is InChI=1S/C13H21N3O/c1-10(2)16(11(3)4)15-14-12-6-8-13(17-5)9-7-12/h6-11H,1-5H3. The van der Waals surface area contributed by atoms with Gasteiger partial charge in [0.05, 0.1) is 12.8 Å². The van der Waals surface area contributed by atoms with Crippen molar-refractivity contribution >= 4 is 5.69 Å². The van der Waals surface area contributed by atoms with Crippen molar-refractivity contribution in [2.45, 2.75) is 39.8 Å². The lowest BCUT2D eigenvalue weighted by molar-refractivity contribution is 0.169. The summed E-state index contributed by atoms with van der Waals surface area (Å²) in [6.45, 7) is 8.42. The largest absolute Gasteiger partial charge is 0.497 e. The Balaban J connectivity index is 2.74. The van der Waals surface area contributed by atoms with Gasteiger partial charge in [0.25, 0.3) is 0 Å². The molecule has 0 radical (unpaired) electrons. The van der Waals surface area contributed by atoms with Crippen LogP contribution in [0.25, 0.3) is 0 Å². The van der Waals surface area contributed by atoms with Gasteiger partial charge in [-0.25, -0.2) is 0 Å². The molecule has 0 aliphatic heterocycles. The minimum absolute atomic E-state index is 0.344. The van der Waals surface area contributed by atoms with Gasteiger partial charge in [-0.15, -0.1) is 5.11 Å². The van der Waals surface area contributed by atoms with E-state index in [0.29, 0.717) is 12.1 Å². The van der Waals surface area contributed by atoms with E-state index in [1.165, 1.54) is 0 Å². The van der Waals surface area contributed by atoms with E-state index in [1.807, 2.05) is 29.3 Å². The maximum Gasteiger partial charge on any atom is 0.119 e. The molecule has 1 aromatic rings. The highest BCUT2D eigenvalue weighted by atomic mass is 16.5. The van der Waals surface area contributed by atoms with Crippen LogP contribution < -0.4 is 4.74 Å². The van der Waals surface area contributed by atoms with Gasteiger partial charge in [0.15, 0.2) is 0 Å². The van der Waals surface area contributed by atoms with Gasteiger partial charge < -0.3 is 4.74 Å². The number of rotatable bonds is 5.